The average molecular weight is 520 g/mol. The van der Waals surface area contributed by atoms with Crippen LogP contribution in [0.2, 0.25) is 0 Å². The molecule has 36 heavy (non-hydrogen) atoms. The van der Waals surface area contributed by atoms with E-state index in [0.717, 1.165) is 31.1 Å². The van der Waals surface area contributed by atoms with Crippen LogP contribution in [0.15, 0.2) is 48.5 Å². The smallest absolute Gasteiger partial charge is 0.242 e. The lowest BCUT2D eigenvalue weighted by Gasteiger charge is -2.29. The first kappa shape index (κ1) is 29.3. The third kappa shape index (κ3) is 8.62. The first-order valence-corrected chi connectivity index (χ1v) is 14.3. The number of aryl methyl sites for hydroxylation is 1. The van der Waals surface area contributed by atoms with Gasteiger partial charge in [-0.15, -0.1) is 0 Å². The van der Waals surface area contributed by atoms with E-state index in [0.29, 0.717) is 17.8 Å². The molecule has 7 nitrogen and oxygen atoms in total. The zero-order valence-corrected chi connectivity index (χ0v) is 22.5. The molecule has 0 heterocycles. The molecule has 2 amide bonds. The topological polar surface area (TPSA) is 86.8 Å². The fourth-order valence-corrected chi connectivity index (χ4v) is 4.80. The van der Waals surface area contributed by atoms with E-state index in [1.807, 2.05) is 26.0 Å². The minimum atomic E-state index is -3.56. The Morgan fingerprint density at radius 1 is 1.03 bits per heavy atom. The predicted molar refractivity (Wildman–Crippen MR) is 142 cm³/mol. The minimum Gasteiger partial charge on any atom is -0.354 e. The number of carbonyl (C=O) groups is 2. The van der Waals surface area contributed by atoms with Crippen molar-refractivity contribution < 1.29 is 22.4 Å². The summed E-state index contributed by atoms with van der Waals surface area (Å²) in [6, 6.07) is 12.6. The Kier molecular flexibility index (Phi) is 11.4. The van der Waals surface area contributed by atoms with E-state index >= 15 is 0 Å². The van der Waals surface area contributed by atoms with E-state index in [4.69, 9.17) is 0 Å². The molecule has 0 radical (unpaired) electrons. The summed E-state index contributed by atoms with van der Waals surface area (Å²) in [7, 11) is -3.56. The van der Waals surface area contributed by atoms with Crippen LogP contribution in [0.5, 0.6) is 0 Å². The highest BCUT2D eigenvalue weighted by Crippen LogP contribution is 2.20. The van der Waals surface area contributed by atoms with Crippen molar-refractivity contribution in [3.05, 3.63) is 65.5 Å². The number of hydrogen-bond donors (Lipinski definition) is 1. The van der Waals surface area contributed by atoms with Gasteiger partial charge in [-0.3, -0.25) is 13.9 Å². The Hall–Kier alpha value is -2.94. The van der Waals surface area contributed by atoms with Gasteiger partial charge in [0.05, 0.1) is 11.9 Å². The van der Waals surface area contributed by atoms with Crippen molar-refractivity contribution in [2.24, 2.45) is 0 Å². The summed E-state index contributed by atoms with van der Waals surface area (Å²) in [5.74, 6) is -1.10. The van der Waals surface area contributed by atoms with Crippen molar-refractivity contribution in [2.45, 2.75) is 65.5 Å². The lowest BCUT2D eigenvalue weighted by molar-refractivity contribution is -0.140. The summed E-state index contributed by atoms with van der Waals surface area (Å²) in [4.78, 5) is 27.3. The predicted octanol–water partition coefficient (Wildman–Crippen LogP) is 4.27. The number of benzene rings is 2. The number of nitrogens with zero attached hydrogens (tertiary/aromatic N) is 2. The third-order valence-corrected chi connectivity index (χ3v) is 7.27. The third-order valence-electron chi connectivity index (χ3n) is 6.08. The second-order valence-corrected chi connectivity index (χ2v) is 10.8. The van der Waals surface area contributed by atoms with Gasteiger partial charge in [0.15, 0.2) is 0 Å². The second-order valence-electron chi connectivity index (χ2n) is 8.89. The van der Waals surface area contributed by atoms with E-state index < -0.39 is 21.9 Å². The summed E-state index contributed by atoms with van der Waals surface area (Å²) < 4.78 is 40.5. The van der Waals surface area contributed by atoms with Crippen LogP contribution in [0, 0.1) is 5.82 Å². The molecule has 0 bridgehead atoms. The van der Waals surface area contributed by atoms with Crippen LogP contribution >= 0.6 is 0 Å². The Morgan fingerprint density at radius 3 is 2.28 bits per heavy atom. The summed E-state index contributed by atoms with van der Waals surface area (Å²) in [6.45, 7) is 6.22. The van der Waals surface area contributed by atoms with E-state index in [9.17, 15) is 22.4 Å². The number of sulfonamides is 1. The number of unbranched alkanes of at least 4 members (excludes halogenated alkanes) is 1. The van der Waals surface area contributed by atoms with E-state index in [1.54, 1.807) is 37.3 Å². The van der Waals surface area contributed by atoms with Crippen LogP contribution in [0.3, 0.4) is 0 Å². The van der Waals surface area contributed by atoms with Crippen LogP contribution in [0.4, 0.5) is 10.1 Å². The van der Waals surface area contributed by atoms with Gasteiger partial charge in [-0.25, -0.2) is 12.8 Å². The highest BCUT2D eigenvalue weighted by atomic mass is 32.2. The monoisotopic (exact) mass is 519 g/mol. The molecule has 198 valence electrons. The van der Waals surface area contributed by atoms with E-state index in [2.05, 4.69) is 5.32 Å². The van der Waals surface area contributed by atoms with Gasteiger partial charge in [0.2, 0.25) is 21.8 Å². The molecule has 0 aliphatic carbocycles. The maximum absolute atomic E-state index is 14.3. The summed E-state index contributed by atoms with van der Waals surface area (Å²) in [5, 5.41) is 2.83. The first-order valence-electron chi connectivity index (χ1n) is 12.5. The zero-order valence-electron chi connectivity index (χ0n) is 21.7. The van der Waals surface area contributed by atoms with Gasteiger partial charge in [0.1, 0.15) is 11.9 Å². The second kappa shape index (κ2) is 14.0. The molecule has 9 heteroatoms. The first-order chi connectivity index (χ1) is 17.1. The molecule has 1 N–H and O–H groups in total. The van der Waals surface area contributed by atoms with Crippen LogP contribution in [0.1, 0.15) is 57.6 Å². The number of halogens is 1. The van der Waals surface area contributed by atoms with Gasteiger partial charge in [0, 0.05) is 31.6 Å². The molecule has 0 saturated carbocycles. The van der Waals surface area contributed by atoms with Crippen molar-refractivity contribution in [1.29, 1.82) is 0 Å². The highest BCUT2D eigenvalue weighted by molar-refractivity contribution is 7.92. The Morgan fingerprint density at radius 2 is 1.69 bits per heavy atom. The maximum atomic E-state index is 14.3. The fourth-order valence-electron chi connectivity index (χ4n) is 3.83. The summed E-state index contributed by atoms with van der Waals surface area (Å²) in [5.41, 5.74) is 1.94. The van der Waals surface area contributed by atoms with Crippen LogP contribution in [-0.4, -0.2) is 50.5 Å². The Labute approximate surface area is 214 Å². The van der Waals surface area contributed by atoms with Gasteiger partial charge in [0.25, 0.3) is 0 Å². The molecule has 2 aromatic carbocycles. The standard InChI is InChI=1S/C27H38FN3O4S/c1-5-7-18-29-27(33)21(3)30(20-23-11-8-9-12-25(23)28)26(32)13-10-19-31(36(4,34)35)24-16-14-22(6-2)15-17-24/h8-9,11-12,14-17,21H,5-7,10,13,18-20H2,1-4H3,(H,29,33)/t21-/m0/s1. The number of hydrogen-bond acceptors (Lipinski definition) is 4. The number of anilines is 1. The molecule has 0 unspecified atom stereocenters. The molecule has 0 spiro atoms. The van der Waals surface area contributed by atoms with Crippen molar-refractivity contribution in [1.82, 2.24) is 10.2 Å². The normalized spacial score (nSPS) is 12.1. The lowest BCUT2D eigenvalue weighted by Crippen LogP contribution is -2.48. The number of amides is 2. The van der Waals surface area contributed by atoms with Crippen molar-refractivity contribution >= 4 is 27.5 Å². The van der Waals surface area contributed by atoms with Gasteiger partial charge in [-0.2, -0.15) is 0 Å². The van der Waals surface area contributed by atoms with Crippen molar-refractivity contribution in [3.63, 3.8) is 0 Å². The molecule has 0 saturated heterocycles. The van der Waals surface area contributed by atoms with Gasteiger partial charge < -0.3 is 10.2 Å². The highest BCUT2D eigenvalue weighted by Gasteiger charge is 2.27. The van der Waals surface area contributed by atoms with E-state index in [1.165, 1.54) is 15.3 Å². The maximum Gasteiger partial charge on any atom is 0.242 e. The number of nitrogens with one attached hydrogen (secondary N) is 1. The average Bonchev–Trinajstić information content (AvgIpc) is 2.85. The molecular weight excluding hydrogens is 481 g/mol. The molecule has 0 aliphatic heterocycles. The molecule has 1 atom stereocenters. The van der Waals surface area contributed by atoms with Crippen molar-refractivity contribution in [2.75, 3.05) is 23.7 Å². The molecular formula is C27H38FN3O4S. The fraction of sp³-hybridized carbons (Fsp3) is 0.481. The SMILES string of the molecule is CCCCNC(=O)[C@H](C)N(Cc1ccccc1F)C(=O)CCCN(c1ccc(CC)cc1)S(C)(=O)=O. The largest absolute Gasteiger partial charge is 0.354 e. The molecule has 0 fully saturated rings. The lowest BCUT2D eigenvalue weighted by atomic mass is 10.1. The molecule has 0 aliphatic rings. The minimum absolute atomic E-state index is 0.0140. The quantitative estimate of drug-likeness (QED) is 0.378. The van der Waals surface area contributed by atoms with Gasteiger partial charge in [-0.05, 0) is 49.9 Å². The van der Waals surface area contributed by atoms with Gasteiger partial charge >= 0.3 is 0 Å². The summed E-state index contributed by atoms with van der Waals surface area (Å²) in [6.07, 6.45) is 3.98. The molecule has 0 aromatic heterocycles. The van der Waals surface area contributed by atoms with Crippen LogP contribution in [-0.2, 0) is 32.6 Å². The molecule has 2 rings (SSSR count). The number of rotatable bonds is 14. The van der Waals surface area contributed by atoms with Crippen LogP contribution < -0.4 is 9.62 Å². The van der Waals surface area contributed by atoms with E-state index in [-0.39, 0.29) is 37.7 Å². The summed E-state index contributed by atoms with van der Waals surface area (Å²) >= 11 is 0. The molecule has 2 aromatic rings. The Bertz CT molecular complexity index is 1110. The van der Waals surface area contributed by atoms with Crippen LogP contribution in [0.25, 0.3) is 0 Å². The van der Waals surface area contributed by atoms with Crippen molar-refractivity contribution in [3.8, 4) is 0 Å². The zero-order chi connectivity index (χ0) is 26.7. The van der Waals surface area contributed by atoms with Gasteiger partial charge in [-0.1, -0.05) is 50.6 Å². The Balaban J connectivity index is 2.15. The number of carbonyl (C=O) groups excluding carboxylic acids is 2.